The van der Waals surface area contributed by atoms with Gasteiger partial charge in [0, 0.05) is 61.3 Å². The van der Waals surface area contributed by atoms with Gasteiger partial charge in [-0.3, -0.25) is 14.4 Å². The summed E-state index contributed by atoms with van der Waals surface area (Å²) >= 11 is 0. The minimum atomic E-state index is -0.0730. The zero-order valence-corrected chi connectivity index (χ0v) is 22.0. The first-order chi connectivity index (χ1) is 18.9. The minimum Gasteiger partial charge on any atom is -0.473 e. The Morgan fingerprint density at radius 2 is 2.15 bits per heavy atom. The van der Waals surface area contributed by atoms with E-state index in [2.05, 4.69) is 40.8 Å². The Morgan fingerprint density at radius 1 is 1.26 bits per heavy atom. The van der Waals surface area contributed by atoms with Crippen molar-refractivity contribution in [3.8, 4) is 17.1 Å². The molecular formula is C27H30N10O2. The SMILES string of the molecule is Cc1cnc(Nc2cc(C)n(C)n2)nc1-c1c[nH]c2c(NC(=O)CN3CCC(Oc4ccn[nH]4)C3)cccc12. The first-order valence-electron chi connectivity index (χ1n) is 12.8. The van der Waals surface area contributed by atoms with Crippen molar-refractivity contribution in [2.24, 2.45) is 7.05 Å². The van der Waals surface area contributed by atoms with E-state index in [1.165, 1.54) is 0 Å². The number of para-hydroxylation sites is 1. The van der Waals surface area contributed by atoms with Crippen molar-refractivity contribution in [1.82, 2.24) is 39.8 Å². The van der Waals surface area contributed by atoms with E-state index in [1.807, 2.05) is 51.4 Å². The molecule has 12 heteroatoms. The molecule has 0 saturated carbocycles. The lowest BCUT2D eigenvalue weighted by atomic mass is 10.1. The highest BCUT2D eigenvalue weighted by atomic mass is 16.5. The van der Waals surface area contributed by atoms with E-state index < -0.39 is 0 Å². The van der Waals surface area contributed by atoms with Crippen LogP contribution in [0, 0.1) is 13.8 Å². The molecule has 1 aliphatic rings. The van der Waals surface area contributed by atoms with Crippen molar-refractivity contribution in [1.29, 1.82) is 0 Å². The lowest BCUT2D eigenvalue weighted by Gasteiger charge is -2.16. The largest absolute Gasteiger partial charge is 0.473 e. The Labute approximate surface area is 224 Å². The Kier molecular flexibility index (Phi) is 6.45. The summed E-state index contributed by atoms with van der Waals surface area (Å²) in [7, 11) is 1.89. The molecule has 1 fully saturated rings. The number of hydrogen-bond donors (Lipinski definition) is 4. The standard InChI is InChI=1S/C27H30N10O2/c1-16-12-29-27(32-22-11-17(2)36(3)35-22)33-25(16)20-13-28-26-19(20)5-4-6-21(26)31-23(38)15-37-10-8-18(14-37)39-24-7-9-30-34-24/h4-7,9,11-13,18,28H,8,10,14-15H2,1-3H3,(H,30,34)(H,31,38)(H,29,32,33,35). The van der Waals surface area contributed by atoms with Crippen LogP contribution in [0.3, 0.4) is 0 Å². The number of likely N-dealkylation sites (tertiary alicyclic amines) is 1. The predicted molar refractivity (Wildman–Crippen MR) is 148 cm³/mol. The number of carbonyl (C=O) groups excluding carboxylic acids is 1. The number of rotatable bonds is 8. The summed E-state index contributed by atoms with van der Waals surface area (Å²) in [6, 6.07) is 9.59. The monoisotopic (exact) mass is 526 g/mol. The summed E-state index contributed by atoms with van der Waals surface area (Å²) in [5.74, 6) is 1.73. The minimum absolute atomic E-state index is 0.0322. The van der Waals surface area contributed by atoms with Gasteiger partial charge in [0.15, 0.2) is 5.82 Å². The van der Waals surface area contributed by atoms with Crippen LogP contribution in [0.5, 0.6) is 5.88 Å². The molecule has 1 atom stereocenters. The fourth-order valence-corrected chi connectivity index (χ4v) is 4.88. The Balaban J connectivity index is 1.16. The van der Waals surface area contributed by atoms with E-state index in [-0.39, 0.29) is 12.0 Å². The zero-order chi connectivity index (χ0) is 26.9. The average molecular weight is 527 g/mol. The van der Waals surface area contributed by atoms with E-state index in [4.69, 9.17) is 9.72 Å². The van der Waals surface area contributed by atoms with Gasteiger partial charge in [-0.2, -0.15) is 10.2 Å². The van der Waals surface area contributed by atoms with Crippen LogP contribution in [0.25, 0.3) is 22.2 Å². The van der Waals surface area contributed by atoms with Gasteiger partial charge in [-0.05, 0) is 31.9 Å². The Bertz CT molecular complexity index is 1600. The van der Waals surface area contributed by atoms with Crippen LogP contribution in [0.2, 0.25) is 0 Å². The normalized spacial score (nSPS) is 15.6. The van der Waals surface area contributed by atoms with Crippen molar-refractivity contribution < 1.29 is 9.53 Å². The smallest absolute Gasteiger partial charge is 0.238 e. The molecule has 39 heavy (non-hydrogen) atoms. The van der Waals surface area contributed by atoms with Crippen molar-refractivity contribution in [3.05, 3.63) is 60.2 Å². The molecule has 4 N–H and O–H groups in total. The highest BCUT2D eigenvalue weighted by Gasteiger charge is 2.26. The van der Waals surface area contributed by atoms with Crippen molar-refractivity contribution in [3.63, 3.8) is 0 Å². The number of aromatic amines is 2. The molecule has 0 radical (unpaired) electrons. The second-order valence-corrected chi connectivity index (χ2v) is 9.81. The molecule has 1 amide bonds. The molecule has 0 spiro atoms. The number of nitrogens with one attached hydrogen (secondary N) is 4. The number of hydrogen-bond acceptors (Lipinski definition) is 8. The third kappa shape index (κ3) is 5.18. The van der Waals surface area contributed by atoms with Gasteiger partial charge in [-0.1, -0.05) is 12.1 Å². The maximum Gasteiger partial charge on any atom is 0.238 e. The average Bonchev–Trinajstić information content (AvgIpc) is 3.71. The molecule has 1 unspecified atom stereocenters. The second kappa shape index (κ2) is 10.2. The highest BCUT2D eigenvalue weighted by molar-refractivity contribution is 6.06. The van der Waals surface area contributed by atoms with Crippen molar-refractivity contribution >= 4 is 34.3 Å². The molecule has 0 bridgehead atoms. The molecule has 0 aliphatic carbocycles. The fourth-order valence-electron chi connectivity index (χ4n) is 4.88. The summed E-state index contributed by atoms with van der Waals surface area (Å²) in [4.78, 5) is 27.6. The Hall–Kier alpha value is -4.71. The number of amides is 1. The summed E-state index contributed by atoms with van der Waals surface area (Å²) in [5, 5.41) is 18.4. The van der Waals surface area contributed by atoms with E-state index in [0.717, 1.165) is 52.1 Å². The number of carbonyl (C=O) groups is 1. The summed E-state index contributed by atoms with van der Waals surface area (Å²) < 4.78 is 7.69. The lowest BCUT2D eigenvalue weighted by molar-refractivity contribution is -0.117. The van der Waals surface area contributed by atoms with Crippen LogP contribution in [-0.2, 0) is 11.8 Å². The molecular weight excluding hydrogens is 496 g/mol. The van der Waals surface area contributed by atoms with Gasteiger partial charge >= 0.3 is 0 Å². The lowest BCUT2D eigenvalue weighted by Crippen LogP contribution is -2.33. The number of anilines is 3. The van der Waals surface area contributed by atoms with Crippen LogP contribution in [0.4, 0.5) is 17.5 Å². The molecule has 12 nitrogen and oxygen atoms in total. The second-order valence-electron chi connectivity index (χ2n) is 9.81. The maximum absolute atomic E-state index is 13.0. The van der Waals surface area contributed by atoms with E-state index in [9.17, 15) is 4.79 Å². The number of benzene rings is 1. The van der Waals surface area contributed by atoms with Crippen LogP contribution < -0.4 is 15.4 Å². The van der Waals surface area contributed by atoms with Gasteiger partial charge in [0.05, 0.1) is 29.6 Å². The summed E-state index contributed by atoms with van der Waals surface area (Å²) in [6.07, 6.45) is 6.26. The van der Waals surface area contributed by atoms with Crippen LogP contribution >= 0.6 is 0 Å². The maximum atomic E-state index is 13.0. The van der Waals surface area contributed by atoms with Crippen molar-refractivity contribution in [2.45, 2.75) is 26.4 Å². The molecule has 4 aromatic heterocycles. The van der Waals surface area contributed by atoms with Gasteiger partial charge in [0.1, 0.15) is 6.10 Å². The number of ether oxygens (including phenoxy) is 1. The van der Waals surface area contributed by atoms with Gasteiger partial charge in [0.25, 0.3) is 0 Å². The third-order valence-electron chi connectivity index (χ3n) is 6.94. The van der Waals surface area contributed by atoms with Crippen LogP contribution in [0.1, 0.15) is 17.7 Å². The van der Waals surface area contributed by atoms with Gasteiger partial charge < -0.3 is 20.4 Å². The molecule has 1 saturated heterocycles. The van der Waals surface area contributed by atoms with Gasteiger partial charge in [0.2, 0.25) is 17.7 Å². The molecule has 5 heterocycles. The van der Waals surface area contributed by atoms with E-state index in [1.54, 1.807) is 23.1 Å². The number of fused-ring (bicyclic) bond motifs is 1. The van der Waals surface area contributed by atoms with E-state index in [0.29, 0.717) is 30.7 Å². The van der Waals surface area contributed by atoms with Gasteiger partial charge in [-0.25, -0.2) is 15.1 Å². The topological polar surface area (TPSA) is 142 Å². The fraction of sp³-hybridized carbons (Fsp3) is 0.296. The van der Waals surface area contributed by atoms with Gasteiger partial charge in [-0.15, -0.1) is 0 Å². The molecule has 6 rings (SSSR count). The highest BCUT2D eigenvalue weighted by Crippen LogP contribution is 2.33. The van der Waals surface area contributed by atoms with Crippen LogP contribution in [0.15, 0.2) is 48.9 Å². The number of aromatic nitrogens is 7. The van der Waals surface area contributed by atoms with E-state index >= 15 is 0 Å². The first-order valence-corrected chi connectivity index (χ1v) is 12.8. The molecule has 1 aromatic carbocycles. The molecule has 200 valence electrons. The summed E-state index contributed by atoms with van der Waals surface area (Å²) in [6.45, 7) is 5.74. The summed E-state index contributed by atoms with van der Waals surface area (Å²) in [5.41, 5.74) is 5.27. The zero-order valence-electron chi connectivity index (χ0n) is 22.0. The van der Waals surface area contributed by atoms with Crippen LogP contribution in [-0.4, -0.2) is 71.5 Å². The number of aryl methyl sites for hydroxylation is 3. The first kappa shape index (κ1) is 24.6. The Morgan fingerprint density at radius 3 is 2.95 bits per heavy atom. The molecule has 5 aromatic rings. The number of nitrogens with zero attached hydrogens (tertiary/aromatic N) is 6. The predicted octanol–water partition coefficient (Wildman–Crippen LogP) is 3.53. The van der Waals surface area contributed by atoms with Crippen molar-refractivity contribution in [2.75, 3.05) is 30.3 Å². The quantitative estimate of drug-likeness (QED) is 0.241. The molecule has 1 aliphatic heterocycles. The number of H-pyrrole nitrogens is 2. The third-order valence-corrected chi connectivity index (χ3v) is 6.94.